The number of benzene rings is 1. The van der Waals surface area contributed by atoms with Crippen molar-refractivity contribution in [3.8, 4) is 5.69 Å². The molecule has 0 saturated heterocycles. The molecular formula is C14H15FN4O3. The highest BCUT2D eigenvalue weighted by molar-refractivity contribution is 5.93. The van der Waals surface area contributed by atoms with Gasteiger partial charge in [-0.2, -0.15) is 0 Å². The van der Waals surface area contributed by atoms with E-state index >= 15 is 0 Å². The number of rotatable bonds is 5. The van der Waals surface area contributed by atoms with Gasteiger partial charge in [0, 0.05) is 0 Å². The fourth-order valence-electron chi connectivity index (χ4n) is 1.87. The molecule has 0 saturated carbocycles. The summed E-state index contributed by atoms with van der Waals surface area (Å²) in [6, 6.07) is 4.56. The first-order valence-corrected chi connectivity index (χ1v) is 6.65. The van der Waals surface area contributed by atoms with Crippen LogP contribution < -0.4 is 5.32 Å². The van der Waals surface area contributed by atoms with Crippen molar-refractivity contribution >= 4 is 11.9 Å². The van der Waals surface area contributed by atoms with E-state index in [9.17, 15) is 14.0 Å². The second-order valence-electron chi connectivity index (χ2n) is 4.64. The van der Waals surface area contributed by atoms with Gasteiger partial charge in [0.15, 0.2) is 0 Å². The van der Waals surface area contributed by atoms with Crippen LogP contribution in [0.5, 0.6) is 0 Å². The number of amides is 1. The number of aryl methyl sites for hydroxylation is 1. The van der Waals surface area contributed by atoms with E-state index in [0.717, 1.165) is 0 Å². The number of aliphatic carboxylic acids is 1. The largest absolute Gasteiger partial charge is 0.480 e. The van der Waals surface area contributed by atoms with Crippen molar-refractivity contribution in [3.63, 3.8) is 0 Å². The van der Waals surface area contributed by atoms with Crippen LogP contribution in [0.2, 0.25) is 0 Å². The Hall–Kier alpha value is -2.77. The molecule has 116 valence electrons. The first-order valence-electron chi connectivity index (χ1n) is 6.65. The average molecular weight is 306 g/mol. The second-order valence-corrected chi connectivity index (χ2v) is 4.64. The van der Waals surface area contributed by atoms with Crippen molar-refractivity contribution in [2.75, 3.05) is 0 Å². The monoisotopic (exact) mass is 306 g/mol. The van der Waals surface area contributed by atoms with Gasteiger partial charge in [0.1, 0.15) is 17.7 Å². The molecule has 1 heterocycles. The Labute approximate surface area is 125 Å². The lowest BCUT2D eigenvalue weighted by Crippen LogP contribution is -2.40. The van der Waals surface area contributed by atoms with Crippen molar-refractivity contribution in [1.82, 2.24) is 20.1 Å². The minimum Gasteiger partial charge on any atom is -0.480 e. The summed E-state index contributed by atoms with van der Waals surface area (Å²) < 4.78 is 14.3. The quantitative estimate of drug-likeness (QED) is 0.868. The predicted molar refractivity (Wildman–Crippen MR) is 75.2 cm³/mol. The standard InChI is InChI=1S/C14H15FN4O3/c1-3-11(14(21)22)17-13(20)12-16-8(2)19(18-12)10-6-4-9(15)5-7-10/h4-7,11H,3H2,1-2H3,(H,17,20)(H,21,22). The van der Waals surface area contributed by atoms with E-state index in [1.54, 1.807) is 13.8 Å². The fourth-order valence-corrected chi connectivity index (χ4v) is 1.87. The van der Waals surface area contributed by atoms with Crippen LogP contribution in [0, 0.1) is 12.7 Å². The normalized spacial score (nSPS) is 12.0. The van der Waals surface area contributed by atoms with E-state index in [0.29, 0.717) is 11.5 Å². The summed E-state index contributed by atoms with van der Waals surface area (Å²) in [5.41, 5.74) is 0.552. The fraction of sp³-hybridized carbons (Fsp3) is 0.286. The molecule has 1 unspecified atom stereocenters. The summed E-state index contributed by atoms with van der Waals surface area (Å²) >= 11 is 0. The molecule has 1 amide bonds. The van der Waals surface area contributed by atoms with Crippen molar-refractivity contribution in [3.05, 3.63) is 41.7 Å². The van der Waals surface area contributed by atoms with Gasteiger partial charge in [0.05, 0.1) is 5.69 Å². The maximum Gasteiger partial charge on any atom is 0.326 e. The Balaban J connectivity index is 2.24. The smallest absolute Gasteiger partial charge is 0.326 e. The number of carboxylic acids is 1. The van der Waals surface area contributed by atoms with E-state index in [1.165, 1.54) is 28.9 Å². The molecule has 0 aliphatic carbocycles. The summed E-state index contributed by atoms with van der Waals surface area (Å²) in [6.45, 7) is 3.29. The zero-order chi connectivity index (χ0) is 16.3. The number of carbonyl (C=O) groups is 2. The summed E-state index contributed by atoms with van der Waals surface area (Å²) in [7, 11) is 0. The molecule has 22 heavy (non-hydrogen) atoms. The van der Waals surface area contributed by atoms with Crippen molar-refractivity contribution in [2.45, 2.75) is 26.3 Å². The molecule has 0 bridgehead atoms. The molecule has 0 radical (unpaired) electrons. The van der Waals surface area contributed by atoms with Gasteiger partial charge in [0.2, 0.25) is 5.82 Å². The van der Waals surface area contributed by atoms with Gasteiger partial charge in [-0.15, -0.1) is 5.10 Å². The van der Waals surface area contributed by atoms with E-state index in [4.69, 9.17) is 5.11 Å². The van der Waals surface area contributed by atoms with Crippen LogP contribution >= 0.6 is 0 Å². The average Bonchev–Trinajstić information content (AvgIpc) is 2.87. The van der Waals surface area contributed by atoms with E-state index in [1.807, 2.05) is 0 Å². The summed E-state index contributed by atoms with van der Waals surface area (Å²) in [6.07, 6.45) is 0.249. The number of hydrogen-bond donors (Lipinski definition) is 2. The number of halogens is 1. The van der Waals surface area contributed by atoms with Gasteiger partial charge in [0.25, 0.3) is 5.91 Å². The number of aromatic nitrogens is 3. The Morgan fingerprint density at radius 1 is 1.36 bits per heavy atom. The number of nitrogens with one attached hydrogen (secondary N) is 1. The molecule has 2 rings (SSSR count). The maximum atomic E-state index is 12.9. The zero-order valence-corrected chi connectivity index (χ0v) is 12.1. The molecular weight excluding hydrogens is 291 g/mol. The van der Waals surface area contributed by atoms with Gasteiger partial charge in [-0.1, -0.05) is 6.92 Å². The third kappa shape index (κ3) is 3.27. The van der Waals surface area contributed by atoms with Gasteiger partial charge in [-0.05, 0) is 37.6 Å². The topological polar surface area (TPSA) is 97.1 Å². The van der Waals surface area contributed by atoms with Crippen molar-refractivity contribution in [2.24, 2.45) is 0 Å². The van der Waals surface area contributed by atoms with Gasteiger partial charge < -0.3 is 10.4 Å². The van der Waals surface area contributed by atoms with Gasteiger partial charge >= 0.3 is 5.97 Å². The van der Waals surface area contributed by atoms with Crippen LogP contribution in [0.25, 0.3) is 5.69 Å². The lowest BCUT2D eigenvalue weighted by Gasteiger charge is -2.09. The molecule has 2 N–H and O–H groups in total. The number of carbonyl (C=O) groups excluding carboxylic acids is 1. The highest BCUT2D eigenvalue weighted by Gasteiger charge is 2.22. The first kappa shape index (κ1) is 15.6. The summed E-state index contributed by atoms with van der Waals surface area (Å²) in [5, 5.41) is 15.3. The van der Waals surface area contributed by atoms with E-state index in [-0.39, 0.29) is 18.1 Å². The molecule has 2 aromatic rings. The molecule has 0 fully saturated rings. The molecule has 1 aromatic heterocycles. The highest BCUT2D eigenvalue weighted by atomic mass is 19.1. The van der Waals surface area contributed by atoms with Crippen LogP contribution in [0.4, 0.5) is 4.39 Å². The van der Waals surface area contributed by atoms with Crippen LogP contribution in [0.3, 0.4) is 0 Å². The third-order valence-electron chi connectivity index (χ3n) is 3.05. The molecule has 0 aliphatic rings. The van der Waals surface area contributed by atoms with Crippen molar-refractivity contribution in [1.29, 1.82) is 0 Å². The van der Waals surface area contributed by atoms with Crippen LogP contribution in [-0.4, -0.2) is 37.8 Å². The molecule has 0 aliphatic heterocycles. The number of carboxylic acid groups (broad SMARTS) is 1. The summed E-state index contributed by atoms with van der Waals surface area (Å²) in [4.78, 5) is 26.9. The lowest BCUT2D eigenvalue weighted by molar-refractivity contribution is -0.139. The molecule has 7 nitrogen and oxygen atoms in total. The Morgan fingerprint density at radius 2 is 2.00 bits per heavy atom. The highest BCUT2D eigenvalue weighted by Crippen LogP contribution is 2.10. The second kappa shape index (κ2) is 6.33. The molecule has 1 atom stereocenters. The number of nitrogens with zero attached hydrogens (tertiary/aromatic N) is 3. The third-order valence-corrected chi connectivity index (χ3v) is 3.05. The predicted octanol–water partition coefficient (Wildman–Crippen LogP) is 1.31. The molecule has 8 heteroatoms. The van der Waals surface area contributed by atoms with Crippen LogP contribution in [0.1, 0.15) is 29.8 Å². The lowest BCUT2D eigenvalue weighted by atomic mass is 10.2. The van der Waals surface area contributed by atoms with E-state index in [2.05, 4.69) is 15.4 Å². The minimum absolute atomic E-state index is 0.137. The van der Waals surface area contributed by atoms with E-state index < -0.39 is 17.9 Å². The SMILES string of the molecule is CCC(NC(=O)c1nc(C)n(-c2ccc(F)cc2)n1)C(=O)O. The maximum absolute atomic E-state index is 12.9. The Bertz CT molecular complexity index is 697. The van der Waals surface area contributed by atoms with Gasteiger partial charge in [-0.3, -0.25) is 4.79 Å². The van der Waals surface area contributed by atoms with Crippen molar-refractivity contribution < 1.29 is 19.1 Å². The summed E-state index contributed by atoms with van der Waals surface area (Å²) in [5.74, 6) is -1.88. The molecule has 1 aromatic carbocycles. The minimum atomic E-state index is -1.12. The Kier molecular flexibility index (Phi) is 4.50. The first-order chi connectivity index (χ1) is 10.4. The Morgan fingerprint density at radius 3 is 2.55 bits per heavy atom. The zero-order valence-electron chi connectivity index (χ0n) is 12.1. The van der Waals surface area contributed by atoms with Crippen LogP contribution in [0.15, 0.2) is 24.3 Å². The number of hydrogen-bond acceptors (Lipinski definition) is 4. The molecule has 0 spiro atoms. The van der Waals surface area contributed by atoms with Gasteiger partial charge in [-0.25, -0.2) is 18.9 Å². The van der Waals surface area contributed by atoms with Crippen LogP contribution in [-0.2, 0) is 4.79 Å².